The Kier molecular flexibility index (Phi) is 21.9. The second-order valence-corrected chi connectivity index (χ2v) is 70.5. The summed E-state index contributed by atoms with van der Waals surface area (Å²) in [6, 6.07) is 0. The zero-order valence-corrected chi connectivity index (χ0v) is 56.7. The van der Waals surface area contributed by atoms with Gasteiger partial charge in [-0.1, -0.05) is 0 Å². The first-order chi connectivity index (χ1) is 25.0. The van der Waals surface area contributed by atoms with Crippen molar-refractivity contribution < 1.29 is 57.9 Å². The average Bonchev–Trinajstić information content (AvgIpc) is 2.71. The molecule has 0 aliphatic heterocycles. The summed E-state index contributed by atoms with van der Waals surface area (Å²) in [4.78, 5) is 0. The van der Waals surface area contributed by atoms with Gasteiger partial charge in [-0.15, -0.1) is 0 Å². The topological polar surface area (TPSA) is 129 Å². The second-order valence-electron chi connectivity index (χ2n) is 21.0. The molecule has 350 valence electrons. The minimum atomic E-state index is -2.77. The third-order valence-corrected chi connectivity index (χ3v) is 59.2. The summed E-state index contributed by atoms with van der Waals surface area (Å²) < 4.78 is 93.1. The Morgan fingerprint density at radius 3 is 0.517 bits per heavy atom. The molecule has 0 rings (SSSR count). The maximum absolute atomic E-state index is 6.85. The molecule has 0 bridgehead atoms. The lowest BCUT2D eigenvalue weighted by Gasteiger charge is -2.45. The summed E-state index contributed by atoms with van der Waals surface area (Å²) in [7, 11) is -35.4. The lowest BCUT2D eigenvalue weighted by molar-refractivity contribution is 0.230. The maximum Gasteiger partial charge on any atom is 0.322 e. The molecule has 0 fully saturated rings. The molecule has 0 aliphatic carbocycles. The van der Waals surface area contributed by atoms with E-state index in [9.17, 15) is 0 Å². The number of rotatable bonds is 28. The van der Waals surface area contributed by atoms with Crippen molar-refractivity contribution in [3.63, 3.8) is 0 Å². The first kappa shape index (κ1) is 60.5. The van der Waals surface area contributed by atoms with Gasteiger partial charge in [0.15, 0.2) is 9.04 Å². The van der Waals surface area contributed by atoms with Crippen LogP contribution in [0.25, 0.3) is 0 Å². The molecule has 0 aromatic rings. The molecule has 0 unspecified atom stereocenters. The van der Waals surface area contributed by atoms with E-state index >= 15 is 0 Å². The molecule has 58 heavy (non-hydrogen) atoms. The van der Waals surface area contributed by atoms with E-state index < -0.39 is 120 Å². The molecular weight excluding hydrogens is 978 g/mol. The lowest BCUT2D eigenvalue weighted by atomic mass is 10.9. The Morgan fingerprint density at radius 1 is 0.241 bits per heavy atom. The minimum absolute atomic E-state index is 0.617. The van der Waals surface area contributed by atoms with E-state index in [2.05, 4.69) is 183 Å². The fourth-order valence-electron chi connectivity index (χ4n) is 8.30. The molecule has 0 radical (unpaired) electrons. The summed E-state index contributed by atoms with van der Waals surface area (Å²) in [6.07, 6.45) is 0. The van der Waals surface area contributed by atoms with Crippen molar-refractivity contribution in [2.75, 3.05) is 6.61 Å². The van der Waals surface area contributed by atoms with Crippen LogP contribution < -0.4 is 0 Å². The van der Waals surface area contributed by atoms with Crippen LogP contribution in [0.1, 0.15) is 6.92 Å². The van der Waals surface area contributed by atoms with Gasteiger partial charge in [-0.3, -0.25) is 0 Å². The molecule has 14 nitrogen and oxygen atoms in total. The van der Waals surface area contributed by atoms with Crippen molar-refractivity contribution in [3.8, 4) is 0 Å². The number of hydrogen-bond acceptors (Lipinski definition) is 14. The van der Waals surface area contributed by atoms with Crippen molar-refractivity contribution in [1.29, 1.82) is 0 Å². The molecule has 0 amide bonds. The van der Waals surface area contributed by atoms with Gasteiger partial charge in [0.1, 0.15) is 0 Å². The third kappa shape index (κ3) is 27.7. The van der Waals surface area contributed by atoms with E-state index in [4.69, 9.17) is 57.9 Å². The summed E-state index contributed by atoms with van der Waals surface area (Å²) in [5.41, 5.74) is 0. The van der Waals surface area contributed by atoms with Crippen molar-refractivity contribution in [2.24, 2.45) is 0 Å². The van der Waals surface area contributed by atoms with Crippen LogP contribution in [0.5, 0.6) is 0 Å². The normalized spacial score (nSPS) is 15.8. The largest absolute Gasteiger partial charge is 0.440 e. The van der Waals surface area contributed by atoms with Crippen LogP contribution in [0.15, 0.2) is 0 Å². The highest BCUT2D eigenvalue weighted by molar-refractivity contribution is 6.94. The summed E-state index contributed by atoms with van der Waals surface area (Å²) in [5.74, 6) is 0. The summed E-state index contributed by atoms with van der Waals surface area (Å²) in [5, 5.41) is 0. The molecule has 0 atom stereocenters. The van der Waals surface area contributed by atoms with E-state index in [1.807, 2.05) is 6.92 Å². The highest BCUT2D eigenvalue weighted by Gasteiger charge is 2.52. The quantitative estimate of drug-likeness (QED) is 0.0689. The summed E-state index contributed by atoms with van der Waals surface area (Å²) in [6.45, 7) is 60.6. The second kappa shape index (κ2) is 21.0. The molecule has 0 saturated carbocycles. The van der Waals surface area contributed by atoms with Crippen LogP contribution >= 0.6 is 0 Å². The molecular formula is C30H90O14Si14. The van der Waals surface area contributed by atoms with Crippen LogP contribution in [0.2, 0.25) is 183 Å². The Bertz CT molecular complexity index is 1300. The number of hydrogen-bond donors (Lipinski definition) is 0. The van der Waals surface area contributed by atoms with Crippen molar-refractivity contribution in [1.82, 2.24) is 0 Å². The van der Waals surface area contributed by atoms with E-state index in [1.54, 1.807) is 0 Å². The smallest absolute Gasteiger partial charge is 0.322 e. The van der Waals surface area contributed by atoms with Crippen LogP contribution in [-0.4, -0.2) is 127 Å². The van der Waals surface area contributed by atoms with Gasteiger partial charge in [0.05, 0.1) is 0 Å². The molecule has 0 aromatic heterocycles. The van der Waals surface area contributed by atoms with Gasteiger partial charge < -0.3 is 57.9 Å². The Balaban J connectivity index is 5.64. The van der Waals surface area contributed by atoms with Crippen molar-refractivity contribution >= 4 is 120 Å². The standard InChI is InChI=1S/C30H90O14Si14/c1-30-31-46(4,5)33-48(8,9)35-50(12,13)37-52(16,17)39-54(20,21)41-56(24,25)43-58(28,29)44-57(26,27)42-55(22,23)40-53(18,19)38-51(14,15)36-49(10,11)34-47(6,7)32-45(2)3/h45H,30H2,1-29H3. The van der Waals surface area contributed by atoms with Crippen LogP contribution in [0.3, 0.4) is 0 Å². The molecule has 0 aromatic carbocycles. The molecule has 28 heteroatoms. The lowest BCUT2D eigenvalue weighted by Crippen LogP contribution is -2.63. The van der Waals surface area contributed by atoms with Crippen LogP contribution in [0.4, 0.5) is 0 Å². The predicted octanol–water partition coefficient (Wildman–Crippen LogP) is 10.3. The van der Waals surface area contributed by atoms with Gasteiger partial charge in [-0.05, 0) is 190 Å². The maximum atomic E-state index is 6.85. The monoisotopic (exact) mass is 1070 g/mol. The SMILES string of the molecule is CCO[Si](C)(C)O[Si](C)(C)O[Si](C)(C)O[Si](C)(C)O[Si](C)(C)O[Si](C)(C)O[Si](C)(C)O[Si](C)(C)O[Si](C)(C)O[Si](C)(C)O[Si](C)(C)O[Si](C)(C)O[Si](C)(C)O[SiH](C)C. The van der Waals surface area contributed by atoms with Crippen LogP contribution in [0, 0.1) is 0 Å². The molecule has 0 N–H and O–H groups in total. The fraction of sp³-hybridized carbons (Fsp3) is 1.00. The summed E-state index contributed by atoms with van der Waals surface area (Å²) >= 11 is 0. The van der Waals surface area contributed by atoms with Gasteiger partial charge in [0, 0.05) is 6.61 Å². The van der Waals surface area contributed by atoms with E-state index in [0.29, 0.717) is 6.61 Å². The Labute approximate surface area is 372 Å². The Morgan fingerprint density at radius 2 is 0.379 bits per heavy atom. The van der Waals surface area contributed by atoms with Gasteiger partial charge in [0.2, 0.25) is 0 Å². The molecule has 0 saturated heterocycles. The first-order valence-corrected chi connectivity index (χ1v) is 60.1. The van der Waals surface area contributed by atoms with E-state index in [0.717, 1.165) is 0 Å². The molecule has 0 aliphatic rings. The van der Waals surface area contributed by atoms with Gasteiger partial charge >= 0.3 is 111 Å². The predicted molar refractivity (Wildman–Crippen MR) is 272 cm³/mol. The fourth-order valence-corrected chi connectivity index (χ4v) is 77.2. The van der Waals surface area contributed by atoms with Crippen LogP contribution in [-0.2, 0) is 57.9 Å². The third-order valence-electron chi connectivity index (χ3n) is 6.91. The highest BCUT2D eigenvalue weighted by Crippen LogP contribution is 2.32. The molecule has 0 heterocycles. The van der Waals surface area contributed by atoms with Crippen molar-refractivity contribution in [2.45, 2.75) is 190 Å². The van der Waals surface area contributed by atoms with Gasteiger partial charge in [0.25, 0.3) is 0 Å². The Hall–Kier alpha value is 2.48. The van der Waals surface area contributed by atoms with Gasteiger partial charge in [-0.25, -0.2) is 0 Å². The zero-order chi connectivity index (χ0) is 46.7. The average molecular weight is 1070 g/mol. The van der Waals surface area contributed by atoms with Crippen molar-refractivity contribution in [3.05, 3.63) is 0 Å². The van der Waals surface area contributed by atoms with Gasteiger partial charge in [-0.2, -0.15) is 0 Å². The first-order valence-electron chi connectivity index (χ1n) is 20.7. The zero-order valence-electron chi connectivity index (χ0n) is 42.5. The molecule has 0 spiro atoms. The van der Waals surface area contributed by atoms with E-state index in [-0.39, 0.29) is 0 Å². The van der Waals surface area contributed by atoms with E-state index in [1.165, 1.54) is 0 Å². The highest BCUT2D eigenvalue weighted by atomic mass is 28.5. The minimum Gasteiger partial charge on any atom is -0.440 e.